The van der Waals surface area contributed by atoms with Crippen molar-refractivity contribution >= 4 is 5.82 Å². The van der Waals surface area contributed by atoms with Gasteiger partial charge in [0.25, 0.3) is 0 Å². The molecule has 0 aliphatic carbocycles. The summed E-state index contributed by atoms with van der Waals surface area (Å²) < 4.78 is 5.92. The largest absolute Gasteiger partial charge is 0.503 e. The Morgan fingerprint density at radius 3 is 2.67 bits per heavy atom. The molecule has 0 bridgehead atoms. The first kappa shape index (κ1) is 12.8. The summed E-state index contributed by atoms with van der Waals surface area (Å²) in [5.41, 5.74) is 4.39. The lowest BCUT2D eigenvalue weighted by atomic mass is 10.1. The highest BCUT2D eigenvalue weighted by Crippen LogP contribution is 2.29. The number of aliphatic hydroxyl groups excluding tert-OH is 3. The number of anilines is 1. The fourth-order valence-corrected chi connectivity index (χ4v) is 1.76. The van der Waals surface area contributed by atoms with E-state index >= 15 is 0 Å². The molecule has 1 aliphatic heterocycles. The molecule has 1 aromatic rings. The number of aromatic hydroxyl groups is 1. The van der Waals surface area contributed by atoms with Gasteiger partial charge in [-0.05, 0) is 0 Å². The number of hydrogen-bond acceptors (Lipinski definition) is 8. The molecule has 0 amide bonds. The molecule has 2 rings (SSSR count). The molecule has 4 atom stereocenters. The van der Waals surface area contributed by atoms with Crippen LogP contribution in [-0.2, 0) is 4.74 Å². The van der Waals surface area contributed by atoms with E-state index < -0.39 is 42.6 Å². The van der Waals surface area contributed by atoms with Crippen molar-refractivity contribution in [2.24, 2.45) is 0 Å². The average Bonchev–Trinajstić information content (AvgIpc) is 2.61. The Morgan fingerprint density at radius 2 is 2.11 bits per heavy atom. The van der Waals surface area contributed by atoms with E-state index in [-0.39, 0.29) is 5.82 Å². The third-order valence-corrected chi connectivity index (χ3v) is 2.75. The Morgan fingerprint density at radius 1 is 1.44 bits per heavy atom. The summed E-state index contributed by atoms with van der Waals surface area (Å²) in [6.07, 6.45) is -4.08. The Kier molecular flexibility index (Phi) is 3.22. The first-order valence-electron chi connectivity index (χ1n) is 5.15. The topological polar surface area (TPSA) is 151 Å². The van der Waals surface area contributed by atoms with Crippen LogP contribution < -0.4 is 11.4 Å². The highest BCUT2D eigenvalue weighted by molar-refractivity contribution is 5.41. The summed E-state index contributed by atoms with van der Waals surface area (Å²) >= 11 is 0. The monoisotopic (exact) mass is 259 g/mol. The summed E-state index contributed by atoms with van der Waals surface area (Å²) in [6.45, 7) is -0.516. The van der Waals surface area contributed by atoms with Crippen LogP contribution in [0.3, 0.4) is 0 Å². The Bertz CT molecular complexity index is 504. The van der Waals surface area contributed by atoms with Crippen molar-refractivity contribution in [3.05, 3.63) is 16.7 Å². The number of aromatic nitrogens is 2. The van der Waals surface area contributed by atoms with E-state index in [4.69, 9.17) is 15.6 Å². The normalized spacial score (nSPS) is 31.7. The van der Waals surface area contributed by atoms with Crippen LogP contribution in [0.1, 0.15) is 6.23 Å². The molecule has 0 spiro atoms. The molecule has 0 radical (unpaired) electrons. The maximum atomic E-state index is 11.6. The fourth-order valence-electron chi connectivity index (χ4n) is 1.76. The zero-order valence-electron chi connectivity index (χ0n) is 9.17. The van der Waals surface area contributed by atoms with E-state index in [2.05, 4.69) is 4.98 Å². The van der Waals surface area contributed by atoms with E-state index in [0.717, 1.165) is 10.8 Å². The molecular weight excluding hydrogens is 246 g/mol. The summed E-state index contributed by atoms with van der Waals surface area (Å²) in [4.78, 5) is 14.9. The zero-order chi connectivity index (χ0) is 13.4. The molecule has 18 heavy (non-hydrogen) atoms. The first-order chi connectivity index (χ1) is 8.45. The van der Waals surface area contributed by atoms with Gasteiger partial charge in [0, 0.05) is 0 Å². The minimum atomic E-state index is -1.43. The Hall–Kier alpha value is -1.68. The van der Waals surface area contributed by atoms with Gasteiger partial charge < -0.3 is 30.9 Å². The van der Waals surface area contributed by atoms with Crippen molar-refractivity contribution in [1.29, 1.82) is 0 Å². The van der Waals surface area contributed by atoms with Gasteiger partial charge in [-0.2, -0.15) is 4.98 Å². The second kappa shape index (κ2) is 4.53. The van der Waals surface area contributed by atoms with Gasteiger partial charge in [-0.25, -0.2) is 4.79 Å². The number of rotatable bonds is 2. The average molecular weight is 259 g/mol. The van der Waals surface area contributed by atoms with Gasteiger partial charge >= 0.3 is 5.69 Å². The lowest BCUT2D eigenvalue weighted by Gasteiger charge is -2.17. The minimum Gasteiger partial charge on any atom is -0.503 e. The molecule has 1 aliphatic rings. The number of nitrogen functional groups attached to an aromatic ring is 1. The molecule has 9 heteroatoms. The highest BCUT2D eigenvalue weighted by atomic mass is 16.6. The second-order valence-corrected chi connectivity index (χ2v) is 3.93. The molecule has 6 N–H and O–H groups in total. The van der Waals surface area contributed by atoms with E-state index in [9.17, 15) is 20.1 Å². The quantitative estimate of drug-likeness (QED) is 0.380. The minimum absolute atomic E-state index is 0.344. The van der Waals surface area contributed by atoms with Crippen LogP contribution in [0.25, 0.3) is 0 Å². The van der Waals surface area contributed by atoms with Gasteiger partial charge in [-0.1, -0.05) is 0 Å². The van der Waals surface area contributed by atoms with E-state index in [1.165, 1.54) is 0 Å². The van der Waals surface area contributed by atoms with Crippen LogP contribution >= 0.6 is 0 Å². The van der Waals surface area contributed by atoms with Crippen molar-refractivity contribution in [2.45, 2.75) is 24.5 Å². The zero-order valence-corrected chi connectivity index (χ0v) is 9.17. The fraction of sp³-hybridized carbons (Fsp3) is 0.556. The molecule has 2 heterocycles. The number of ether oxygens (including phenoxy) is 1. The first-order valence-corrected chi connectivity index (χ1v) is 5.15. The molecule has 100 valence electrons. The molecule has 9 nitrogen and oxygen atoms in total. The van der Waals surface area contributed by atoms with Crippen molar-refractivity contribution in [2.75, 3.05) is 12.3 Å². The molecule has 0 aromatic carbocycles. The molecular formula is C9H13N3O6. The van der Waals surface area contributed by atoms with Gasteiger partial charge in [0.2, 0.25) is 0 Å². The Balaban J connectivity index is 2.39. The van der Waals surface area contributed by atoms with Gasteiger partial charge in [0.05, 0.1) is 12.8 Å². The van der Waals surface area contributed by atoms with Crippen LogP contribution in [0, 0.1) is 0 Å². The summed E-state index contributed by atoms with van der Waals surface area (Å²) in [5, 5.41) is 37.5. The highest BCUT2D eigenvalue weighted by Gasteiger charge is 2.43. The number of nitrogens with two attached hydrogens (primary N) is 1. The summed E-state index contributed by atoms with van der Waals surface area (Å²) in [5.74, 6) is -0.796. The number of aliphatic hydroxyl groups is 3. The van der Waals surface area contributed by atoms with Gasteiger partial charge in [0.15, 0.2) is 17.8 Å². The second-order valence-electron chi connectivity index (χ2n) is 3.93. The molecule has 0 unspecified atom stereocenters. The maximum Gasteiger partial charge on any atom is 0.351 e. The maximum absolute atomic E-state index is 11.6. The number of nitrogens with zero attached hydrogens (tertiary/aromatic N) is 2. The van der Waals surface area contributed by atoms with Crippen molar-refractivity contribution in [3.8, 4) is 5.75 Å². The molecule has 0 saturated carbocycles. The van der Waals surface area contributed by atoms with Crippen molar-refractivity contribution < 1.29 is 25.2 Å². The van der Waals surface area contributed by atoms with Gasteiger partial charge in [-0.15, -0.1) is 0 Å². The lowest BCUT2D eigenvalue weighted by Crippen LogP contribution is -2.36. The third kappa shape index (κ3) is 1.93. The van der Waals surface area contributed by atoms with Gasteiger partial charge in [0.1, 0.15) is 18.3 Å². The lowest BCUT2D eigenvalue weighted by molar-refractivity contribution is -0.0551. The predicted octanol–water partition coefficient (Wildman–Crippen LogP) is -2.86. The summed E-state index contributed by atoms with van der Waals surface area (Å²) in [7, 11) is 0. The van der Waals surface area contributed by atoms with Crippen molar-refractivity contribution in [1.82, 2.24) is 9.55 Å². The van der Waals surface area contributed by atoms with Gasteiger partial charge in [-0.3, -0.25) is 4.57 Å². The van der Waals surface area contributed by atoms with Crippen LogP contribution in [0.5, 0.6) is 5.75 Å². The summed E-state index contributed by atoms with van der Waals surface area (Å²) in [6, 6.07) is 0. The molecule has 1 aromatic heterocycles. The van der Waals surface area contributed by atoms with E-state index in [1.54, 1.807) is 0 Å². The smallest absolute Gasteiger partial charge is 0.351 e. The van der Waals surface area contributed by atoms with Crippen LogP contribution in [0.15, 0.2) is 11.0 Å². The molecule has 1 fully saturated rings. The standard InChI is InChI=1S/C9H13N3O6/c10-7-3(14)1-12(9(17)11-7)8-6(16)5(15)4(2-13)18-8/h1,4-6,8,13-16H,2H2,(H2,10,11,17)/t4-,5-,6+,8-/m1/s1. The van der Waals surface area contributed by atoms with Crippen molar-refractivity contribution in [3.63, 3.8) is 0 Å². The SMILES string of the molecule is Nc1nc(=O)n([C@@H]2O[C@H](CO)[C@@H](O)[C@@H]2O)cc1O. The third-order valence-electron chi connectivity index (χ3n) is 2.75. The van der Waals surface area contributed by atoms with Crippen LogP contribution in [-0.4, -0.2) is 54.9 Å². The molecule has 1 saturated heterocycles. The van der Waals surface area contributed by atoms with Crippen LogP contribution in [0.2, 0.25) is 0 Å². The van der Waals surface area contributed by atoms with E-state index in [0.29, 0.717) is 0 Å². The van der Waals surface area contributed by atoms with E-state index in [1.807, 2.05) is 0 Å². The van der Waals surface area contributed by atoms with Crippen LogP contribution in [0.4, 0.5) is 5.82 Å². The Labute approximate surface area is 101 Å². The predicted molar refractivity (Wildman–Crippen MR) is 57.6 cm³/mol. The number of hydrogen-bond donors (Lipinski definition) is 5.